The van der Waals surface area contributed by atoms with E-state index in [1.54, 1.807) is 17.9 Å². The number of amides is 1. The van der Waals surface area contributed by atoms with Gasteiger partial charge in [-0.1, -0.05) is 18.1 Å². The Kier molecular flexibility index (Phi) is 5.21. The summed E-state index contributed by atoms with van der Waals surface area (Å²) in [5.41, 5.74) is -0.0468. The van der Waals surface area contributed by atoms with Crippen LogP contribution in [0.15, 0.2) is 28.8 Å². The van der Waals surface area contributed by atoms with Crippen molar-refractivity contribution in [1.29, 1.82) is 0 Å². The molecular formula is C15H17F2N3O2. The first-order chi connectivity index (χ1) is 10.5. The fourth-order valence-corrected chi connectivity index (χ4v) is 2.00. The molecule has 1 amide bonds. The minimum absolute atomic E-state index is 0.00379. The molecule has 1 N–H and O–H groups in total. The summed E-state index contributed by atoms with van der Waals surface area (Å²) in [6.45, 7) is 4.00. The summed E-state index contributed by atoms with van der Waals surface area (Å²) in [5.74, 6) is -0.671. The third-order valence-electron chi connectivity index (χ3n) is 3.15. The maximum absolute atomic E-state index is 13.6. The lowest BCUT2D eigenvalue weighted by atomic mass is 10.2. The van der Waals surface area contributed by atoms with Crippen LogP contribution in [0.3, 0.4) is 0 Å². The minimum Gasteiger partial charge on any atom is -0.360 e. The molecule has 1 heterocycles. The molecule has 0 saturated carbocycles. The highest BCUT2D eigenvalue weighted by molar-refractivity contribution is 5.91. The number of carbonyl (C=O) groups is 1. The Labute approximate surface area is 126 Å². The lowest BCUT2D eigenvalue weighted by Gasteiger charge is -2.20. The Hall–Kier alpha value is -2.28. The summed E-state index contributed by atoms with van der Waals surface area (Å²) >= 11 is 0. The van der Waals surface area contributed by atoms with E-state index in [9.17, 15) is 13.6 Å². The topological polar surface area (TPSA) is 58.4 Å². The molecule has 0 fully saturated rings. The van der Waals surface area contributed by atoms with E-state index in [0.717, 1.165) is 0 Å². The van der Waals surface area contributed by atoms with Crippen LogP contribution < -0.4 is 5.32 Å². The lowest BCUT2D eigenvalue weighted by molar-refractivity contribution is -0.117. The number of hydrogen-bond donors (Lipinski definition) is 1. The van der Waals surface area contributed by atoms with E-state index < -0.39 is 11.6 Å². The Bertz CT molecular complexity index is 638. The van der Waals surface area contributed by atoms with Crippen LogP contribution in [0.5, 0.6) is 0 Å². The van der Waals surface area contributed by atoms with Crippen molar-refractivity contribution in [2.75, 3.05) is 18.4 Å². The van der Waals surface area contributed by atoms with Crippen molar-refractivity contribution >= 4 is 11.7 Å². The average Bonchev–Trinajstić information content (AvgIpc) is 2.86. The molecule has 2 rings (SSSR count). The van der Waals surface area contributed by atoms with Gasteiger partial charge in [0, 0.05) is 18.2 Å². The number of nitrogens with one attached hydrogen (secondary N) is 1. The van der Waals surface area contributed by atoms with Gasteiger partial charge in [-0.05, 0) is 25.6 Å². The first-order valence-electron chi connectivity index (χ1n) is 6.88. The van der Waals surface area contributed by atoms with Gasteiger partial charge < -0.3 is 9.84 Å². The predicted octanol–water partition coefficient (Wildman–Crippen LogP) is 2.72. The van der Waals surface area contributed by atoms with Crippen LogP contribution in [-0.2, 0) is 11.3 Å². The van der Waals surface area contributed by atoms with Gasteiger partial charge in [0.1, 0.15) is 17.4 Å². The second-order valence-electron chi connectivity index (χ2n) is 4.87. The second kappa shape index (κ2) is 7.13. The standard InChI is InChI=1S/C15H17F2N3O2/c1-3-20(8-11-12(16)5-4-6-13(11)17)9-15(21)18-14-7-10(2)22-19-14/h4-7H,3,8-9H2,1-2H3,(H,18,19,21). The smallest absolute Gasteiger partial charge is 0.239 e. The number of benzene rings is 1. The number of aryl methyl sites for hydroxylation is 1. The highest BCUT2D eigenvalue weighted by atomic mass is 19.1. The zero-order valence-corrected chi connectivity index (χ0v) is 12.4. The molecule has 0 bridgehead atoms. The molecule has 0 unspecified atom stereocenters. The summed E-state index contributed by atoms with van der Waals surface area (Å²) < 4.78 is 32.1. The number of likely N-dealkylation sites (N-methyl/N-ethyl adjacent to an activating group) is 1. The zero-order chi connectivity index (χ0) is 16.1. The van der Waals surface area contributed by atoms with Gasteiger partial charge in [0.25, 0.3) is 0 Å². The van der Waals surface area contributed by atoms with Crippen molar-refractivity contribution in [1.82, 2.24) is 10.1 Å². The van der Waals surface area contributed by atoms with Gasteiger partial charge in [0.05, 0.1) is 6.54 Å². The number of nitrogens with zero attached hydrogens (tertiary/aromatic N) is 2. The van der Waals surface area contributed by atoms with Crippen molar-refractivity contribution in [2.24, 2.45) is 0 Å². The molecule has 0 aliphatic rings. The molecule has 1 aromatic heterocycles. The molecule has 5 nitrogen and oxygen atoms in total. The van der Waals surface area contributed by atoms with E-state index in [1.807, 2.05) is 6.92 Å². The monoisotopic (exact) mass is 309 g/mol. The van der Waals surface area contributed by atoms with Gasteiger partial charge in [-0.15, -0.1) is 0 Å². The minimum atomic E-state index is -0.619. The first kappa shape index (κ1) is 16.1. The average molecular weight is 309 g/mol. The molecule has 1 aromatic carbocycles. The summed E-state index contributed by atoms with van der Waals surface area (Å²) in [5, 5.41) is 6.23. The first-order valence-corrected chi connectivity index (χ1v) is 6.88. The molecule has 0 spiro atoms. The third kappa shape index (κ3) is 4.11. The highest BCUT2D eigenvalue weighted by Gasteiger charge is 2.16. The van der Waals surface area contributed by atoms with Crippen LogP contribution in [-0.4, -0.2) is 29.1 Å². The fraction of sp³-hybridized carbons (Fsp3) is 0.333. The van der Waals surface area contributed by atoms with E-state index in [2.05, 4.69) is 10.5 Å². The molecule has 7 heteroatoms. The molecule has 0 aliphatic heterocycles. The number of carbonyl (C=O) groups excluding carboxylic acids is 1. The largest absolute Gasteiger partial charge is 0.360 e. The molecule has 0 radical (unpaired) electrons. The molecule has 2 aromatic rings. The molecule has 0 atom stereocenters. The van der Waals surface area contributed by atoms with Crippen molar-refractivity contribution in [3.63, 3.8) is 0 Å². The molecular weight excluding hydrogens is 292 g/mol. The van der Waals surface area contributed by atoms with Gasteiger partial charge in [0.15, 0.2) is 5.82 Å². The summed E-state index contributed by atoms with van der Waals surface area (Å²) in [4.78, 5) is 13.6. The van der Waals surface area contributed by atoms with Crippen molar-refractivity contribution in [3.05, 3.63) is 47.2 Å². The van der Waals surface area contributed by atoms with Gasteiger partial charge in [0.2, 0.25) is 5.91 Å². The SMILES string of the molecule is CCN(CC(=O)Nc1cc(C)on1)Cc1c(F)cccc1F. The maximum Gasteiger partial charge on any atom is 0.239 e. The van der Waals surface area contributed by atoms with E-state index in [0.29, 0.717) is 18.1 Å². The zero-order valence-electron chi connectivity index (χ0n) is 12.4. The van der Waals surface area contributed by atoms with E-state index in [-0.39, 0.29) is 24.6 Å². The Morgan fingerprint density at radius 1 is 1.36 bits per heavy atom. The summed E-state index contributed by atoms with van der Waals surface area (Å²) in [7, 11) is 0. The van der Waals surface area contributed by atoms with E-state index in [4.69, 9.17) is 4.52 Å². The van der Waals surface area contributed by atoms with Crippen LogP contribution in [0.2, 0.25) is 0 Å². The number of anilines is 1. The number of rotatable bonds is 6. The normalized spacial score (nSPS) is 11.0. The molecule has 22 heavy (non-hydrogen) atoms. The van der Waals surface area contributed by atoms with Gasteiger partial charge >= 0.3 is 0 Å². The Balaban J connectivity index is 1.98. The second-order valence-corrected chi connectivity index (χ2v) is 4.87. The summed E-state index contributed by atoms with van der Waals surface area (Å²) in [6, 6.07) is 5.30. The van der Waals surface area contributed by atoms with Gasteiger partial charge in [-0.2, -0.15) is 0 Å². The predicted molar refractivity (Wildman–Crippen MR) is 77.2 cm³/mol. The fourth-order valence-electron chi connectivity index (χ4n) is 2.00. The highest BCUT2D eigenvalue weighted by Crippen LogP contribution is 2.14. The Morgan fingerprint density at radius 3 is 2.59 bits per heavy atom. The maximum atomic E-state index is 13.6. The van der Waals surface area contributed by atoms with Crippen LogP contribution in [0.1, 0.15) is 18.2 Å². The van der Waals surface area contributed by atoms with Crippen molar-refractivity contribution < 1.29 is 18.1 Å². The molecule has 0 aliphatic carbocycles. The van der Waals surface area contributed by atoms with Crippen LogP contribution in [0.4, 0.5) is 14.6 Å². The van der Waals surface area contributed by atoms with E-state index >= 15 is 0 Å². The van der Waals surface area contributed by atoms with Gasteiger partial charge in [-0.3, -0.25) is 9.69 Å². The summed E-state index contributed by atoms with van der Waals surface area (Å²) in [6.07, 6.45) is 0. The number of aromatic nitrogens is 1. The van der Waals surface area contributed by atoms with Crippen LogP contribution in [0, 0.1) is 18.6 Å². The lowest BCUT2D eigenvalue weighted by Crippen LogP contribution is -2.33. The molecule has 0 saturated heterocycles. The number of hydrogen-bond acceptors (Lipinski definition) is 4. The third-order valence-corrected chi connectivity index (χ3v) is 3.15. The van der Waals surface area contributed by atoms with Gasteiger partial charge in [-0.25, -0.2) is 8.78 Å². The quantitative estimate of drug-likeness (QED) is 0.891. The van der Waals surface area contributed by atoms with E-state index in [1.165, 1.54) is 18.2 Å². The van der Waals surface area contributed by atoms with Crippen LogP contribution >= 0.6 is 0 Å². The number of halogens is 2. The molecule has 118 valence electrons. The van der Waals surface area contributed by atoms with Crippen LogP contribution in [0.25, 0.3) is 0 Å². The van der Waals surface area contributed by atoms with Crippen molar-refractivity contribution in [3.8, 4) is 0 Å². The van der Waals surface area contributed by atoms with Crippen molar-refractivity contribution in [2.45, 2.75) is 20.4 Å². The Morgan fingerprint density at radius 2 is 2.05 bits per heavy atom.